The third-order valence-corrected chi connectivity index (χ3v) is 2.44. The molecule has 0 radical (unpaired) electrons. The molecule has 0 fully saturated rings. The van der Waals surface area contributed by atoms with Crippen LogP contribution in [0, 0.1) is 0 Å². The van der Waals surface area contributed by atoms with E-state index in [1.807, 2.05) is 0 Å². The molecule has 0 saturated carbocycles. The van der Waals surface area contributed by atoms with Crippen LogP contribution in [0.3, 0.4) is 0 Å². The van der Waals surface area contributed by atoms with Crippen LogP contribution in [0.1, 0.15) is 6.92 Å². The molecule has 6 nitrogen and oxygen atoms in total. The zero-order valence-corrected chi connectivity index (χ0v) is 12.3. The first-order valence-electron chi connectivity index (χ1n) is 6.40. The number of carbonyl (C=O) groups excluding carboxylic acids is 2. The topological polar surface area (TPSA) is 71.1 Å². The molecule has 1 atom stereocenters. The smallest absolute Gasteiger partial charge is 0.371 e. The van der Waals surface area contributed by atoms with E-state index >= 15 is 0 Å². The van der Waals surface area contributed by atoms with Crippen LogP contribution in [0.15, 0.2) is 38.0 Å². The SMILES string of the molecule is C=CCOCC(OCC=C)(OCC=C)C(C)OC(=O)C=O. The van der Waals surface area contributed by atoms with E-state index in [4.69, 9.17) is 18.9 Å². The minimum Gasteiger partial charge on any atom is -0.451 e. The van der Waals surface area contributed by atoms with Crippen molar-refractivity contribution in [2.24, 2.45) is 0 Å². The fourth-order valence-electron chi connectivity index (χ4n) is 1.45. The molecule has 118 valence electrons. The minimum absolute atomic E-state index is 0.0198. The van der Waals surface area contributed by atoms with Crippen molar-refractivity contribution >= 4 is 12.3 Å². The molecule has 0 aromatic carbocycles. The Hall–Kier alpha value is -1.76. The first-order chi connectivity index (χ1) is 10.1. The lowest BCUT2D eigenvalue weighted by Crippen LogP contribution is -2.52. The summed E-state index contributed by atoms with van der Waals surface area (Å²) in [4.78, 5) is 21.6. The van der Waals surface area contributed by atoms with E-state index < -0.39 is 17.9 Å². The van der Waals surface area contributed by atoms with Crippen LogP contribution in [-0.4, -0.2) is 50.6 Å². The fourth-order valence-corrected chi connectivity index (χ4v) is 1.45. The number of hydrogen-bond acceptors (Lipinski definition) is 6. The van der Waals surface area contributed by atoms with Crippen LogP contribution in [0.4, 0.5) is 0 Å². The molecule has 0 aromatic heterocycles. The Kier molecular flexibility index (Phi) is 10.0. The summed E-state index contributed by atoms with van der Waals surface area (Å²) in [7, 11) is 0. The third kappa shape index (κ3) is 6.99. The van der Waals surface area contributed by atoms with Crippen LogP contribution in [0.2, 0.25) is 0 Å². The van der Waals surface area contributed by atoms with Gasteiger partial charge in [-0.1, -0.05) is 18.2 Å². The largest absolute Gasteiger partial charge is 0.451 e. The monoisotopic (exact) mass is 298 g/mol. The maximum atomic E-state index is 11.1. The molecule has 1 unspecified atom stereocenters. The molecule has 0 aromatic rings. The molecular weight excluding hydrogens is 276 g/mol. The highest BCUT2D eigenvalue weighted by Crippen LogP contribution is 2.22. The number of esters is 1. The van der Waals surface area contributed by atoms with E-state index in [9.17, 15) is 9.59 Å². The van der Waals surface area contributed by atoms with Crippen LogP contribution in [-0.2, 0) is 28.5 Å². The molecule has 0 N–H and O–H groups in total. The van der Waals surface area contributed by atoms with Crippen molar-refractivity contribution in [3.63, 3.8) is 0 Å². The normalized spacial score (nSPS) is 12.2. The third-order valence-electron chi connectivity index (χ3n) is 2.44. The van der Waals surface area contributed by atoms with Crippen molar-refractivity contribution in [1.82, 2.24) is 0 Å². The number of hydrogen-bond donors (Lipinski definition) is 0. The highest BCUT2D eigenvalue weighted by atomic mass is 16.7. The highest BCUT2D eigenvalue weighted by Gasteiger charge is 2.41. The van der Waals surface area contributed by atoms with Crippen molar-refractivity contribution in [2.75, 3.05) is 26.4 Å². The lowest BCUT2D eigenvalue weighted by Gasteiger charge is -2.36. The van der Waals surface area contributed by atoms with Crippen molar-refractivity contribution in [1.29, 1.82) is 0 Å². The van der Waals surface area contributed by atoms with E-state index in [0.29, 0.717) is 0 Å². The van der Waals surface area contributed by atoms with E-state index in [-0.39, 0.29) is 32.7 Å². The molecule has 0 aliphatic heterocycles. The summed E-state index contributed by atoms with van der Waals surface area (Å²) in [5.74, 6) is -2.38. The van der Waals surface area contributed by atoms with Crippen LogP contribution in [0.5, 0.6) is 0 Å². The van der Waals surface area contributed by atoms with Gasteiger partial charge in [0.1, 0.15) is 6.61 Å². The van der Waals surface area contributed by atoms with E-state index in [1.54, 1.807) is 13.0 Å². The van der Waals surface area contributed by atoms with Gasteiger partial charge >= 0.3 is 5.97 Å². The zero-order valence-electron chi connectivity index (χ0n) is 12.3. The standard InChI is InChI=1S/C15H22O6/c1-5-8-18-12-15(19-9-6-2,20-10-7-3)13(4)21-14(17)11-16/h5-7,11,13H,1-3,8-10,12H2,4H3. The number of carbonyl (C=O) groups is 2. The maximum Gasteiger partial charge on any atom is 0.371 e. The van der Waals surface area contributed by atoms with E-state index in [1.165, 1.54) is 12.2 Å². The lowest BCUT2D eigenvalue weighted by atomic mass is 10.1. The summed E-state index contributed by atoms with van der Waals surface area (Å²) in [5.41, 5.74) is 0. The number of ether oxygens (including phenoxy) is 4. The summed E-state index contributed by atoms with van der Waals surface area (Å²) in [6.07, 6.45) is 3.81. The maximum absolute atomic E-state index is 11.1. The Labute approximate surface area is 125 Å². The molecule has 0 heterocycles. The summed E-state index contributed by atoms with van der Waals surface area (Å²) in [5, 5.41) is 0. The fraction of sp³-hybridized carbons (Fsp3) is 0.467. The van der Waals surface area contributed by atoms with E-state index in [2.05, 4.69) is 19.7 Å². The molecule has 0 amide bonds. The molecule has 0 saturated heterocycles. The Balaban J connectivity index is 5.11. The molecule has 0 aliphatic rings. The Morgan fingerprint density at radius 3 is 2.05 bits per heavy atom. The van der Waals surface area contributed by atoms with Gasteiger partial charge in [0.25, 0.3) is 0 Å². The lowest BCUT2D eigenvalue weighted by molar-refractivity contribution is -0.292. The summed E-state index contributed by atoms with van der Waals surface area (Å²) >= 11 is 0. The van der Waals surface area contributed by atoms with Gasteiger partial charge in [-0.25, -0.2) is 4.79 Å². The first-order valence-corrected chi connectivity index (χ1v) is 6.40. The van der Waals surface area contributed by atoms with Crippen LogP contribution >= 0.6 is 0 Å². The van der Waals surface area contributed by atoms with Crippen molar-refractivity contribution < 1.29 is 28.5 Å². The molecule has 0 bridgehead atoms. The van der Waals surface area contributed by atoms with Gasteiger partial charge in [0.05, 0.1) is 19.8 Å². The molecule has 6 heteroatoms. The first kappa shape index (κ1) is 19.2. The average Bonchev–Trinajstić information content (AvgIpc) is 2.49. The summed E-state index contributed by atoms with van der Waals surface area (Å²) in [6, 6.07) is 0. The van der Waals surface area contributed by atoms with Gasteiger partial charge in [-0.2, -0.15) is 0 Å². The quantitative estimate of drug-likeness (QED) is 0.128. The predicted octanol–water partition coefficient (Wildman–Crippen LogP) is 1.42. The Bertz CT molecular complexity index is 351. The average molecular weight is 298 g/mol. The van der Waals surface area contributed by atoms with Gasteiger partial charge in [-0.3, -0.25) is 4.79 Å². The van der Waals surface area contributed by atoms with Crippen molar-refractivity contribution in [3.8, 4) is 0 Å². The number of aldehydes is 1. The second-order valence-electron chi connectivity index (χ2n) is 4.01. The van der Waals surface area contributed by atoms with Crippen LogP contribution in [0.25, 0.3) is 0 Å². The van der Waals surface area contributed by atoms with Crippen LogP contribution < -0.4 is 0 Å². The second-order valence-corrected chi connectivity index (χ2v) is 4.01. The summed E-state index contributed by atoms with van der Waals surface area (Å²) < 4.78 is 21.5. The van der Waals surface area contributed by atoms with Gasteiger partial charge < -0.3 is 18.9 Å². The molecule has 0 rings (SSSR count). The van der Waals surface area contributed by atoms with Gasteiger partial charge in [-0.05, 0) is 6.92 Å². The van der Waals surface area contributed by atoms with E-state index in [0.717, 1.165) is 0 Å². The van der Waals surface area contributed by atoms with Gasteiger partial charge in [0.15, 0.2) is 6.10 Å². The molecule has 21 heavy (non-hydrogen) atoms. The number of rotatable bonds is 13. The molecule has 0 spiro atoms. The minimum atomic E-state index is -1.37. The second kappa shape index (κ2) is 11.0. The van der Waals surface area contributed by atoms with Gasteiger partial charge in [0, 0.05) is 0 Å². The van der Waals surface area contributed by atoms with Gasteiger partial charge in [-0.15, -0.1) is 19.7 Å². The summed E-state index contributed by atoms with van der Waals surface area (Å²) in [6.45, 7) is 12.7. The highest BCUT2D eigenvalue weighted by molar-refractivity contribution is 6.20. The Morgan fingerprint density at radius 2 is 1.62 bits per heavy atom. The Morgan fingerprint density at radius 1 is 1.10 bits per heavy atom. The molecular formula is C15H22O6. The van der Waals surface area contributed by atoms with Gasteiger partial charge in [0.2, 0.25) is 12.1 Å². The van der Waals surface area contributed by atoms with Crippen molar-refractivity contribution in [3.05, 3.63) is 38.0 Å². The zero-order chi connectivity index (χ0) is 16.1. The predicted molar refractivity (Wildman–Crippen MR) is 77.7 cm³/mol. The van der Waals surface area contributed by atoms with Crippen molar-refractivity contribution in [2.45, 2.75) is 18.8 Å². The molecule has 0 aliphatic carbocycles.